The van der Waals surface area contributed by atoms with Gasteiger partial charge >= 0.3 is 5.97 Å². The van der Waals surface area contributed by atoms with Crippen molar-refractivity contribution in [2.24, 2.45) is 5.73 Å². The van der Waals surface area contributed by atoms with Gasteiger partial charge in [0, 0.05) is 1.43 Å². The van der Waals surface area contributed by atoms with Gasteiger partial charge in [0.2, 0.25) is 40.7 Å². The fraction of sp³-hybridized carbons (Fsp3) is 0.200. The summed E-state index contributed by atoms with van der Waals surface area (Å²) in [6, 6.07) is 0. The molecule has 0 spiro atoms. The summed E-state index contributed by atoms with van der Waals surface area (Å²) in [6.07, 6.45) is 0. The van der Waals surface area contributed by atoms with Gasteiger partial charge in [-0.15, -0.1) is 0 Å². The third-order valence-corrected chi connectivity index (χ3v) is 1.85. The first-order valence-electron chi connectivity index (χ1n) is 4.83. The monoisotopic (exact) mass is 301 g/mol. The number of amides is 1. The van der Waals surface area contributed by atoms with E-state index in [-0.39, 0.29) is 1.43 Å². The highest BCUT2D eigenvalue weighted by Gasteiger charge is 2.28. The van der Waals surface area contributed by atoms with Gasteiger partial charge in [-0.3, -0.25) is 4.79 Å². The summed E-state index contributed by atoms with van der Waals surface area (Å²) in [4.78, 5) is 21.3. The van der Waals surface area contributed by atoms with Crippen LogP contribution in [0.15, 0.2) is 0 Å². The van der Waals surface area contributed by atoms with Crippen LogP contribution in [0.5, 0.6) is 5.75 Å². The predicted molar refractivity (Wildman–Crippen MR) is 54.0 cm³/mol. The van der Waals surface area contributed by atoms with Crippen LogP contribution in [0, 0.1) is 29.1 Å². The smallest absolute Gasteiger partial charge is 0.337 e. The lowest BCUT2D eigenvalue weighted by Crippen LogP contribution is -2.23. The SMILES string of the molecule is NC(=O)COCC(=O)Oc1c(F)c(F)c(F)c(F)c1F.[HH]. The second-order valence-electron chi connectivity index (χ2n) is 3.33. The highest BCUT2D eigenvalue weighted by Crippen LogP contribution is 2.29. The molecule has 0 bridgehead atoms. The molecule has 1 rings (SSSR count). The van der Waals surface area contributed by atoms with Crippen molar-refractivity contribution in [3.8, 4) is 5.75 Å². The van der Waals surface area contributed by atoms with E-state index in [9.17, 15) is 31.5 Å². The molecule has 2 N–H and O–H groups in total. The van der Waals surface area contributed by atoms with Crippen LogP contribution in [-0.4, -0.2) is 25.1 Å². The number of primary amides is 1. The number of ether oxygens (including phenoxy) is 2. The van der Waals surface area contributed by atoms with E-state index >= 15 is 0 Å². The third-order valence-electron chi connectivity index (χ3n) is 1.85. The molecule has 0 aliphatic carbocycles. The van der Waals surface area contributed by atoms with Crippen LogP contribution in [0.25, 0.3) is 0 Å². The Morgan fingerprint density at radius 3 is 1.80 bits per heavy atom. The second-order valence-corrected chi connectivity index (χ2v) is 3.33. The third kappa shape index (κ3) is 3.41. The summed E-state index contributed by atoms with van der Waals surface area (Å²) < 4.78 is 72.7. The number of nitrogens with two attached hydrogens (primary N) is 1. The Hall–Kier alpha value is -2.23. The van der Waals surface area contributed by atoms with Crippen molar-refractivity contribution in [2.75, 3.05) is 13.2 Å². The molecule has 0 fully saturated rings. The Bertz CT molecular complexity index is 540. The van der Waals surface area contributed by atoms with Crippen LogP contribution in [0.1, 0.15) is 1.43 Å². The minimum Gasteiger partial charge on any atom is -0.418 e. The summed E-state index contributed by atoms with van der Waals surface area (Å²) in [6.45, 7) is -1.66. The zero-order valence-electron chi connectivity index (χ0n) is 9.51. The number of esters is 1. The molecule has 10 heteroatoms. The zero-order chi connectivity index (χ0) is 15.4. The van der Waals surface area contributed by atoms with E-state index in [2.05, 4.69) is 15.2 Å². The maximum absolute atomic E-state index is 13.1. The van der Waals surface area contributed by atoms with Crippen molar-refractivity contribution < 1.29 is 42.4 Å². The average Bonchev–Trinajstić information content (AvgIpc) is 2.39. The number of carbonyl (C=O) groups excluding carboxylic acids is 2. The highest BCUT2D eigenvalue weighted by atomic mass is 19.2. The molecule has 0 aliphatic rings. The molecule has 1 amide bonds. The van der Waals surface area contributed by atoms with Gasteiger partial charge < -0.3 is 15.2 Å². The fourth-order valence-electron chi connectivity index (χ4n) is 1.05. The number of benzene rings is 1. The van der Waals surface area contributed by atoms with Crippen LogP contribution >= 0.6 is 0 Å². The molecule has 5 nitrogen and oxygen atoms in total. The van der Waals surface area contributed by atoms with E-state index < -0.39 is 59.9 Å². The predicted octanol–water partition coefficient (Wildman–Crippen LogP) is 1.04. The largest absolute Gasteiger partial charge is 0.418 e. The standard InChI is InChI=1S/C10H6F5NO4.H2/c11-5-6(12)8(14)10(9(15)7(5)13)20-4(18)2-19-1-3(16)17;/h1-2H2,(H2,16,17);1H. The van der Waals surface area contributed by atoms with Gasteiger partial charge in [-0.1, -0.05) is 0 Å². The van der Waals surface area contributed by atoms with E-state index in [1.807, 2.05) is 0 Å². The van der Waals surface area contributed by atoms with Crippen molar-refractivity contribution in [2.45, 2.75) is 0 Å². The number of hydrogen-bond acceptors (Lipinski definition) is 4. The van der Waals surface area contributed by atoms with Gasteiger partial charge in [-0.2, -0.15) is 8.78 Å². The highest BCUT2D eigenvalue weighted by molar-refractivity contribution is 5.76. The summed E-state index contributed by atoms with van der Waals surface area (Å²) >= 11 is 0. The Kier molecular flexibility index (Phi) is 4.97. The first-order valence-corrected chi connectivity index (χ1v) is 4.83. The average molecular weight is 301 g/mol. The van der Waals surface area contributed by atoms with E-state index in [0.717, 1.165) is 0 Å². The van der Waals surface area contributed by atoms with Crippen LogP contribution in [0.2, 0.25) is 0 Å². The molecular weight excluding hydrogens is 293 g/mol. The normalized spacial score (nSPS) is 10.4. The van der Waals surface area contributed by atoms with E-state index in [0.29, 0.717) is 0 Å². The lowest BCUT2D eigenvalue weighted by molar-refractivity contribution is -0.141. The van der Waals surface area contributed by atoms with Crippen molar-refractivity contribution in [1.82, 2.24) is 0 Å². The topological polar surface area (TPSA) is 78.6 Å². The van der Waals surface area contributed by atoms with Crippen LogP contribution in [-0.2, 0) is 14.3 Å². The van der Waals surface area contributed by atoms with E-state index in [1.165, 1.54) is 0 Å². The van der Waals surface area contributed by atoms with Gasteiger partial charge in [0.05, 0.1) is 0 Å². The number of rotatable bonds is 5. The molecule has 0 radical (unpaired) electrons. The molecule has 1 aromatic rings. The lowest BCUT2D eigenvalue weighted by atomic mass is 10.2. The molecule has 0 aliphatic heterocycles. The van der Waals surface area contributed by atoms with Crippen LogP contribution in [0.4, 0.5) is 22.0 Å². The van der Waals surface area contributed by atoms with Crippen LogP contribution in [0.3, 0.4) is 0 Å². The Labute approximate surface area is 109 Å². The molecule has 20 heavy (non-hydrogen) atoms. The van der Waals surface area contributed by atoms with E-state index in [1.54, 1.807) is 0 Å². The number of halogens is 5. The van der Waals surface area contributed by atoms with Crippen molar-refractivity contribution in [3.05, 3.63) is 29.1 Å². The molecule has 1 aromatic carbocycles. The molecule has 0 aromatic heterocycles. The Morgan fingerprint density at radius 1 is 0.900 bits per heavy atom. The Balaban J connectivity index is 0.00000400. The quantitative estimate of drug-likeness (QED) is 0.290. The molecule has 112 valence electrons. The van der Waals surface area contributed by atoms with Crippen molar-refractivity contribution >= 4 is 11.9 Å². The molecular formula is C10H8F5NO4. The summed E-state index contributed by atoms with van der Waals surface area (Å²) in [5.41, 5.74) is 4.66. The van der Waals surface area contributed by atoms with Gasteiger partial charge in [-0.25, -0.2) is 18.0 Å². The summed E-state index contributed by atoms with van der Waals surface area (Å²) in [7, 11) is 0. The number of hydrogen-bond donors (Lipinski definition) is 1. The lowest BCUT2D eigenvalue weighted by Gasteiger charge is -2.08. The Morgan fingerprint density at radius 2 is 1.35 bits per heavy atom. The second kappa shape index (κ2) is 6.28. The molecule has 0 saturated carbocycles. The first-order chi connectivity index (χ1) is 9.25. The molecule has 0 heterocycles. The molecule has 0 saturated heterocycles. The van der Waals surface area contributed by atoms with E-state index in [4.69, 9.17) is 0 Å². The zero-order valence-corrected chi connectivity index (χ0v) is 9.51. The fourth-order valence-corrected chi connectivity index (χ4v) is 1.05. The van der Waals surface area contributed by atoms with Gasteiger partial charge in [-0.05, 0) is 0 Å². The van der Waals surface area contributed by atoms with Crippen molar-refractivity contribution in [3.63, 3.8) is 0 Å². The molecule has 0 unspecified atom stereocenters. The minimum atomic E-state index is -2.38. The van der Waals surface area contributed by atoms with Crippen molar-refractivity contribution in [1.29, 1.82) is 0 Å². The molecule has 0 atom stereocenters. The maximum Gasteiger partial charge on any atom is 0.337 e. The summed E-state index contributed by atoms with van der Waals surface area (Å²) in [5.74, 6) is -15.7. The first kappa shape index (κ1) is 15.8. The van der Waals surface area contributed by atoms with Gasteiger partial charge in [0.25, 0.3) is 0 Å². The number of carbonyl (C=O) groups is 2. The maximum atomic E-state index is 13.1. The minimum absolute atomic E-state index is 0. The van der Waals surface area contributed by atoms with Gasteiger partial charge in [0.1, 0.15) is 13.2 Å². The summed E-state index contributed by atoms with van der Waals surface area (Å²) in [5, 5.41) is 0. The van der Waals surface area contributed by atoms with Crippen LogP contribution < -0.4 is 10.5 Å². The van der Waals surface area contributed by atoms with Gasteiger partial charge in [0.15, 0.2) is 0 Å².